The second kappa shape index (κ2) is 7.96. The molecule has 0 spiro atoms. The van der Waals surface area contributed by atoms with Crippen molar-refractivity contribution < 1.29 is 9.63 Å². The minimum absolute atomic E-state index is 0.198. The monoisotopic (exact) mass is 415 g/mol. The summed E-state index contributed by atoms with van der Waals surface area (Å²) in [5, 5.41) is 23.5. The number of aromatic nitrogens is 3. The number of rotatable bonds is 5. The molecule has 31 heavy (non-hydrogen) atoms. The number of benzene rings is 1. The molecular weight excluding hydrogens is 394 g/mol. The summed E-state index contributed by atoms with van der Waals surface area (Å²) in [5.74, 6) is 5.94. The van der Waals surface area contributed by atoms with Gasteiger partial charge in [-0.05, 0) is 55.8 Å². The van der Waals surface area contributed by atoms with E-state index in [2.05, 4.69) is 25.5 Å². The molecule has 0 aliphatic heterocycles. The maximum absolute atomic E-state index is 12.1. The molecule has 0 unspecified atom stereocenters. The lowest BCUT2D eigenvalue weighted by Crippen LogP contribution is -2.32. The average molecular weight is 415 g/mol. The first-order valence-corrected chi connectivity index (χ1v) is 9.50. The lowest BCUT2D eigenvalue weighted by Gasteiger charge is -2.29. The first-order valence-electron chi connectivity index (χ1n) is 9.50. The summed E-state index contributed by atoms with van der Waals surface area (Å²) in [6.07, 6.45) is 3.19. The van der Waals surface area contributed by atoms with Crippen molar-refractivity contribution in [2.75, 3.05) is 5.73 Å². The number of aliphatic hydroxyl groups is 1. The number of hydrogen-bond donors (Lipinski definition) is 3. The summed E-state index contributed by atoms with van der Waals surface area (Å²) in [5.41, 5.74) is 8.37. The van der Waals surface area contributed by atoms with Gasteiger partial charge in [0.05, 0.1) is 22.8 Å². The van der Waals surface area contributed by atoms with Crippen molar-refractivity contribution in [1.82, 2.24) is 15.1 Å². The number of nitrogen functional groups attached to an aromatic ring is 1. The van der Waals surface area contributed by atoms with E-state index in [0.717, 1.165) is 5.56 Å². The smallest absolute Gasteiger partial charge is 0.176 e. The Hall–Kier alpha value is -4.11. The molecule has 0 aliphatic carbocycles. The van der Waals surface area contributed by atoms with E-state index in [1.807, 2.05) is 6.92 Å². The highest BCUT2D eigenvalue weighted by atomic mass is 16.5. The van der Waals surface area contributed by atoms with Crippen LogP contribution in [-0.2, 0) is 5.60 Å². The van der Waals surface area contributed by atoms with Gasteiger partial charge in [0.15, 0.2) is 5.60 Å². The first kappa shape index (κ1) is 20.2. The van der Waals surface area contributed by atoms with Crippen LogP contribution in [0.25, 0.3) is 11.1 Å². The van der Waals surface area contributed by atoms with Crippen molar-refractivity contribution in [3.8, 4) is 11.1 Å². The third-order valence-electron chi connectivity index (χ3n) is 5.11. The first-order chi connectivity index (χ1) is 15.0. The highest BCUT2D eigenvalue weighted by molar-refractivity contribution is 5.80. The van der Waals surface area contributed by atoms with Gasteiger partial charge in [0.2, 0.25) is 0 Å². The largest absolute Gasteiger partial charge is 0.397 e. The predicted molar refractivity (Wildman–Crippen MR) is 115 cm³/mol. The second-order valence-electron chi connectivity index (χ2n) is 7.01. The van der Waals surface area contributed by atoms with Gasteiger partial charge >= 0.3 is 0 Å². The maximum atomic E-state index is 12.1. The number of pyridine rings is 2. The van der Waals surface area contributed by atoms with Gasteiger partial charge in [-0.3, -0.25) is 9.97 Å². The summed E-state index contributed by atoms with van der Waals surface area (Å²) in [4.78, 5) is 8.79. The van der Waals surface area contributed by atoms with E-state index in [4.69, 9.17) is 16.1 Å². The van der Waals surface area contributed by atoms with E-state index < -0.39 is 5.60 Å². The standard InChI is InChI=1S/C22H21N7O2/c1-13-20(14(2)31-28-13)15-11-16(21(23)17(12-15)27-29-24)22(30,18-7-3-5-9-25-18)19-8-4-6-10-26-19/h3-12,30H,23H2,1-2H3,(H2,24,27). The molecular formula is C22H21N7O2. The Morgan fingerprint density at radius 2 is 1.65 bits per heavy atom. The fourth-order valence-corrected chi connectivity index (χ4v) is 3.68. The number of hydrogen-bond acceptors (Lipinski definition) is 8. The summed E-state index contributed by atoms with van der Waals surface area (Å²) < 4.78 is 5.33. The van der Waals surface area contributed by atoms with E-state index in [9.17, 15) is 5.11 Å². The van der Waals surface area contributed by atoms with Gasteiger partial charge in [-0.2, -0.15) is 0 Å². The number of aryl methyl sites for hydroxylation is 2. The molecule has 0 amide bonds. The molecule has 0 fully saturated rings. The van der Waals surface area contributed by atoms with E-state index in [0.29, 0.717) is 39.7 Å². The zero-order valence-electron chi connectivity index (χ0n) is 17.0. The normalized spacial score (nSPS) is 11.8. The highest BCUT2D eigenvalue weighted by Crippen LogP contribution is 2.44. The van der Waals surface area contributed by atoms with Crippen molar-refractivity contribution in [3.63, 3.8) is 0 Å². The lowest BCUT2D eigenvalue weighted by molar-refractivity contribution is 0.117. The van der Waals surface area contributed by atoms with E-state index in [1.165, 1.54) is 0 Å². The van der Waals surface area contributed by atoms with Crippen LogP contribution in [0.4, 0.5) is 11.4 Å². The molecule has 0 atom stereocenters. The third kappa shape index (κ3) is 3.40. The highest BCUT2D eigenvalue weighted by Gasteiger charge is 2.39. The summed E-state index contributed by atoms with van der Waals surface area (Å²) in [6, 6.07) is 14.0. The van der Waals surface area contributed by atoms with Crippen LogP contribution in [0, 0.1) is 13.8 Å². The SMILES string of the molecule is Cc1noc(C)c1-c1cc(N=NN)c(N)c(C(O)(c2ccccn2)c2ccccn2)c1. The Bertz CT molecular complexity index is 1180. The predicted octanol–water partition coefficient (Wildman–Crippen LogP) is 3.57. The summed E-state index contributed by atoms with van der Waals surface area (Å²) in [7, 11) is 0. The van der Waals surface area contributed by atoms with Crippen LogP contribution in [0.15, 0.2) is 75.8 Å². The van der Waals surface area contributed by atoms with Crippen molar-refractivity contribution >= 4 is 11.4 Å². The van der Waals surface area contributed by atoms with Crippen LogP contribution < -0.4 is 11.6 Å². The van der Waals surface area contributed by atoms with Crippen molar-refractivity contribution in [3.05, 3.63) is 89.3 Å². The van der Waals surface area contributed by atoms with Crippen LogP contribution in [-0.4, -0.2) is 20.2 Å². The number of nitrogens with two attached hydrogens (primary N) is 2. The molecule has 9 heteroatoms. The topological polar surface area (TPSA) is 149 Å². The maximum Gasteiger partial charge on any atom is 0.176 e. The Labute approximate surface area is 178 Å². The third-order valence-corrected chi connectivity index (χ3v) is 5.11. The van der Waals surface area contributed by atoms with E-state index >= 15 is 0 Å². The summed E-state index contributed by atoms with van der Waals surface area (Å²) >= 11 is 0. The van der Waals surface area contributed by atoms with Gasteiger partial charge in [-0.25, -0.2) is 0 Å². The van der Waals surface area contributed by atoms with Gasteiger partial charge in [0, 0.05) is 23.5 Å². The van der Waals surface area contributed by atoms with E-state index in [-0.39, 0.29) is 5.69 Å². The summed E-state index contributed by atoms with van der Waals surface area (Å²) in [6.45, 7) is 3.63. The van der Waals surface area contributed by atoms with Crippen molar-refractivity contribution in [1.29, 1.82) is 0 Å². The van der Waals surface area contributed by atoms with E-state index in [1.54, 1.807) is 67.8 Å². The molecule has 4 aromatic rings. The molecule has 5 N–H and O–H groups in total. The van der Waals surface area contributed by atoms with Crippen molar-refractivity contribution in [2.24, 2.45) is 16.2 Å². The van der Waals surface area contributed by atoms with Crippen LogP contribution in [0.1, 0.15) is 28.4 Å². The Balaban J connectivity index is 2.08. The number of anilines is 1. The number of nitrogens with zero attached hydrogens (tertiary/aromatic N) is 5. The molecule has 0 radical (unpaired) electrons. The minimum atomic E-state index is -1.76. The van der Waals surface area contributed by atoms with Gasteiger partial charge in [0.1, 0.15) is 11.4 Å². The molecule has 1 aromatic carbocycles. The zero-order valence-corrected chi connectivity index (χ0v) is 17.0. The average Bonchev–Trinajstić information content (AvgIpc) is 3.14. The molecule has 3 aromatic heterocycles. The molecule has 9 nitrogen and oxygen atoms in total. The van der Waals surface area contributed by atoms with Crippen LogP contribution >= 0.6 is 0 Å². The molecule has 0 saturated heterocycles. The van der Waals surface area contributed by atoms with Gasteiger partial charge in [-0.1, -0.05) is 22.5 Å². The van der Waals surface area contributed by atoms with Gasteiger partial charge in [0.25, 0.3) is 0 Å². The van der Waals surface area contributed by atoms with Crippen molar-refractivity contribution in [2.45, 2.75) is 19.4 Å². The molecule has 3 heterocycles. The Kier molecular flexibility index (Phi) is 5.18. The Morgan fingerprint density at radius 3 is 2.13 bits per heavy atom. The molecule has 4 rings (SSSR count). The second-order valence-corrected chi connectivity index (χ2v) is 7.01. The molecule has 0 aliphatic rings. The molecule has 0 bridgehead atoms. The Morgan fingerprint density at radius 1 is 1.00 bits per heavy atom. The molecule has 0 saturated carbocycles. The van der Waals surface area contributed by atoms with Gasteiger partial charge < -0.3 is 21.2 Å². The fraction of sp³-hybridized carbons (Fsp3) is 0.136. The quantitative estimate of drug-likeness (QED) is 0.195. The van der Waals surface area contributed by atoms with Crippen LogP contribution in [0.3, 0.4) is 0 Å². The fourth-order valence-electron chi connectivity index (χ4n) is 3.68. The zero-order chi connectivity index (χ0) is 22.0. The van der Waals surface area contributed by atoms with Crippen LogP contribution in [0.2, 0.25) is 0 Å². The van der Waals surface area contributed by atoms with Crippen LogP contribution in [0.5, 0.6) is 0 Å². The lowest BCUT2D eigenvalue weighted by atomic mass is 9.83. The minimum Gasteiger partial charge on any atom is -0.397 e. The molecule has 156 valence electrons. The van der Waals surface area contributed by atoms with Gasteiger partial charge in [-0.15, -0.1) is 5.11 Å².